The Morgan fingerprint density at radius 3 is 1.70 bits per heavy atom. The molecule has 0 saturated carbocycles. The molecule has 262 valence electrons. The molecule has 12 aromatic rings. The Morgan fingerprint density at radius 1 is 0.368 bits per heavy atom. The van der Waals surface area contributed by atoms with E-state index in [9.17, 15) is 0 Å². The first-order chi connectivity index (χ1) is 28.2. The minimum Gasteiger partial charge on any atom is -0.456 e. The molecule has 14 rings (SSSR count). The van der Waals surface area contributed by atoms with Crippen molar-refractivity contribution in [2.45, 2.75) is 0 Å². The molecule has 0 aliphatic carbocycles. The molecule has 5 heterocycles. The van der Waals surface area contributed by atoms with E-state index in [4.69, 9.17) is 13.3 Å². The lowest BCUT2D eigenvalue weighted by molar-refractivity contribution is 0.668. The summed E-state index contributed by atoms with van der Waals surface area (Å²) in [5.74, 6) is 0. The fourth-order valence-corrected chi connectivity index (χ4v) is 10.2. The van der Waals surface area contributed by atoms with Gasteiger partial charge < -0.3 is 18.2 Å². The SMILES string of the molecule is c1ccc2cc(-c3ccc4c5c3-c3cc6oc7ccccc7c6cc3B5c3cc5c(cc3N4c3ccc4c(c3)oc3ccccc34)oc3ccccc35)ccc2c1. The molecule has 0 N–H and O–H groups in total. The maximum Gasteiger partial charge on any atom is 0.248 e. The minimum atomic E-state index is -0.0253. The van der Waals surface area contributed by atoms with E-state index in [0.29, 0.717) is 0 Å². The van der Waals surface area contributed by atoms with Crippen molar-refractivity contribution in [2.75, 3.05) is 4.90 Å². The highest BCUT2D eigenvalue weighted by molar-refractivity contribution is 7.01. The van der Waals surface area contributed by atoms with E-state index in [1.807, 2.05) is 24.3 Å². The summed E-state index contributed by atoms with van der Waals surface area (Å²) >= 11 is 0. The number of nitrogens with zero attached hydrogens (tertiary/aromatic N) is 1. The van der Waals surface area contributed by atoms with Crippen LogP contribution in [-0.4, -0.2) is 6.71 Å². The van der Waals surface area contributed by atoms with E-state index in [2.05, 4.69) is 150 Å². The summed E-state index contributed by atoms with van der Waals surface area (Å²) in [6.07, 6.45) is 0. The molecule has 0 bridgehead atoms. The molecule has 4 nitrogen and oxygen atoms in total. The van der Waals surface area contributed by atoms with E-state index in [0.717, 1.165) is 82.9 Å². The fraction of sp³-hybridized carbons (Fsp3) is 0. The summed E-state index contributed by atoms with van der Waals surface area (Å²) < 4.78 is 19.7. The fourth-order valence-electron chi connectivity index (χ4n) is 10.2. The van der Waals surface area contributed by atoms with Gasteiger partial charge in [0.05, 0.1) is 0 Å². The molecule has 0 fully saturated rings. The Hall–Kier alpha value is -7.50. The summed E-state index contributed by atoms with van der Waals surface area (Å²) in [7, 11) is 0. The van der Waals surface area contributed by atoms with Crippen LogP contribution in [0.4, 0.5) is 17.1 Å². The van der Waals surface area contributed by atoms with Gasteiger partial charge in [0.25, 0.3) is 0 Å². The number of para-hydroxylation sites is 3. The van der Waals surface area contributed by atoms with Gasteiger partial charge in [-0.25, -0.2) is 0 Å². The van der Waals surface area contributed by atoms with Crippen LogP contribution in [0, 0.1) is 0 Å². The molecule has 0 amide bonds. The summed E-state index contributed by atoms with van der Waals surface area (Å²) in [6, 6.07) is 61.2. The average Bonchev–Trinajstić information content (AvgIpc) is 4.01. The van der Waals surface area contributed by atoms with Gasteiger partial charge in [0.1, 0.15) is 33.5 Å². The average molecular weight is 726 g/mol. The van der Waals surface area contributed by atoms with Crippen molar-refractivity contribution in [3.05, 3.63) is 170 Å². The van der Waals surface area contributed by atoms with Crippen molar-refractivity contribution in [1.29, 1.82) is 0 Å². The zero-order chi connectivity index (χ0) is 36.9. The van der Waals surface area contributed by atoms with Crippen LogP contribution in [-0.2, 0) is 0 Å². The highest BCUT2D eigenvalue weighted by atomic mass is 16.3. The Morgan fingerprint density at radius 2 is 0.965 bits per heavy atom. The lowest BCUT2D eigenvalue weighted by atomic mass is 9.37. The molecule has 0 spiro atoms. The van der Waals surface area contributed by atoms with Gasteiger partial charge in [-0.2, -0.15) is 0 Å². The zero-order valence-electron chi connectivity index (χ0n) is 30.4. The predicted octanol–water partition coefficient (Wildman–Crippen LogP) is 12.5. The summed E-state index contributed by atoms with van der Waals surface area (Å²) in [4.78, 5) is 2.43. The molecule has 0 unspecified atom stereocenters. The maximum atomic E-state index is 6.60. The first-order valence-corrected chi connectivity index (χ1v) is 19.5. The second-order valence-electron chi connectivity index (χ2n) is 15.6. The monoisotopic (exact) mass is 725 g/mol. The molecule has 5 heteroatoms. The predicted molar refractivity (Wildman–Crippen MR) is 236 cm³/mol. The Balaban J connectivity index is 1.12. The summed E-state index contributed by atoms with van der Waals surface area (Å²) in [5.41, 5.74) is 17.3. The van der Waals surface area contributed by atoms with Crippen LogP contribution in [0.25, 0.3) is 98.8 Å². The third-order valence-electron chi connectivity index (χ3n) is 12.6. The van der Waals surface area contributed by atoms with Crippen molar-refractivity contribution < 1.29 is 13.3 Å². The van der Waals surface area contributed by atoms with Gasteiger partial charge in [0.2, 0.25) is 6.71 Å². The molecule has 9 aromatic carbocycles. The molecule has 0 atom stereocenters. The number of rotatable bonds is 2. The minimum absolute atomic E-state index is 0.0253. The largest absolute Gasteiger partial charge is 0.456 e. The molecular formula is C52H28BNO3. The van der Waals surface area contributed by atoms with E-state index in [1.54, 1.807) is 0 Å². The Labute approximate surface area is 325 Å². The molecule has 57 heavy (non-hydrogen) atoms. The first-order valence-electron chi connectivity index (χ1n) is 19.5. The third kappa shape index (κ3) is 3.92. The molecule has 2 aliphatic heterocycles. The molecule has 0 radical (unpaired) electrons. The lowest BCUT2D eigenvalue weighted by Crippen LogP contribution is -2.54. The standard InChI is InChI=1S/C52H28BNO3/c1-2-10-30-23-31(18-17-29(30)9-1)33-21-22-43-52-51(33)40-27-49-38(35-12-4-7-15-46(35)56-49)25-41(40)53(52)42-26-39-36-13-5-8-16-47(36)57-50(39)28-44(42)54(43)32-19-20-37-34-11-3-6-14-45(34)55-48(37)24-32/h1-28H. The quantitative estimate of drug-likeness (QED) is 0.166. The van der Waals surface area contributed by atoms with Gasteiger partial charge in [-0.05, 0) is 92.5 Å². The van der Waals surface area contributed by atoms with E-state index < -0.39 is 0 Å². The van der Waals surface area contributed by atoms with Gasteiger partial charge in [-0.1, -0.05) is 115 Å². The molecule has 3 aromatic heterocycles. The number of hydrogen-bond donors (Lipinski definition) is 0. The van der Waals surface area contributed by atoms with Crippen molar-refractivity contribution >= 4 is 117 Å². The Bertz CT molecular complexity index is 3740. The van der Waals surface area contributed by atoms with Gasteiger partial charge in [-0.3, -0.25) is 0 Å². The van der Waals surface area contributed by atoms with Crippen molar-refractivity contribution in [3.63, 3.8) is 0 Å². The van der Waals surface area contributed by atoms with Crippen LogP contribution in [0.1, 0.15) is 0 Å². The normalized spacial score (nSPS) is 13.2. The topological polar surface area (TPSA) is 42.7 Å². The first kappa shape index (κ1) is 29.8. The van der Waals surface area contributed by atoms with Crippen molar-refractivity contribution in [1.82, 2.24) is 0 Å². The maximum absolute atomic E-state index is 6.60. The van der Waals surface area contributed by atoms with Crippen LogP contribution >= 0.6 is 0 Å². The van der Waals surface area contributed by atoms with Crippen LogP contribution in [0.2, 0.25) is 0 Å². The number of furan rings is 3. The highest BCUT2D eigenvalue weighted by Gasteiger charge is 2.44. The molecule has 0 saturated heterocycles. The number of fused-ring (bicyclic) bond motifs is 15. The smallest absolute Gasteiger partial charge is 0.248 e. The van der Waals surface area contributed by atoms with Crippen LogP contribution in [0.5, 0.6) is 0 Å². The van der Waals surface area contributed by atoms with Gasteiger partial charge in [0.15, 0.2) is 0 Å². The number of hydrogen-bond acceptors (Lipinski definition) is 4. The van der Waals surface area contributed by atoms with Gasteiger partial charge in [-0.15, -0.1) is 0 Å². The zero-order valence-corrected chi connectivity index (χ0v) is 30.4. The van der Waals surface area contributed by atoms with Crippen molar-refractivity contribution in [3.8, 4) is 22.3 Å². The van der Waals surface area contributed by atoms with E-state index in [1.165, 1.54) is 49.4 Å². The third-order valence-corrected chi connectivity index (χ3v) is 12.6. The summed E-state index contributed by atoms with van der Waals surface area (Å²) in [6.45, 7) is -0.0253. The van der Waals surface area contributed by atoms with Crippen LogP contribution < -0.4 is 21.3 Å². The van der Waals surface area contributed by atoms with E-state index >= 15 is 0 Å². The van der Waals surface area contributed by atoms with Crippen molar-refractivity contribution in [2.24, 2.45) is 0 Å². The second kappa shape index (κ2) is 10.6. The van der Waals surface area contributed by atoms with Crippen LogP contribution in [0.15, 0.2) is 183 Å². The highest BCUT2D eigenvalue weighted by Crippen LogP contribution is 2.47. The Kier molecular flexibility index (Phi) is 5.56. The number of benzene rings is 9. The van der Waals surface area contributed by atoms with Crippen LogP contribution in [0.3, 0.4) is 0 Å². The van der Waals surface area contributed by atoms with E-state index in [-0.39, 0.29) is 6.71 Å². The number of anilines is 3. The lowest BCUT2D eigenvalue weighted by Gasteiger charge is -2.36. The summed E-state index contributed by atoms with van der Waals surface area (Å²) in [5, 5.41) is 9.20. The van der Waals surface area contributed by atoms with Gasteiger partial charge >= 0.3 is 0 Å². The molecule has 2 aliphatic rings. The van der Waals surface area contributed by atoms with Gasteiger partial charge in [0, 0.05) is 61.5 Å². The second-order valence-corrected chi connectivity index (χ2v) is 15.6. The molecular weight excluding hydrogens is 697 g/mol.